The molecule has 102 valence electrons. The number of rotatable bonds is 8. The van der Waals surface area contributed by atoms with Gasteiger partial charge in [0.2, 0.25) is 0 Å². The van der Waals surface area contributed by atoms with Crippen molar-refractivity contribution < 1.29 is 40.2 Å². The van der Waals surface area contributed by atoms with Crippen molar-refractivity contribution in [2.75, 3.05) is 13.2 Å². The summed E-state index contributed by atoms with van der Waals surface area (Å²) in [7, 11) is 0. The van der Waals surface area contributed by atoms with E-state index in [1.165, 1.54) is 0 Å². The average Bonchev–Trinajstić information content (AvgIpc) is 2.32. The highest BCUT2D eigenvalue weighted by Gasteiger charge is 2.34. The van der Waals surface area contributed by atoms with Crippen LogP contribution in [0, 0.1) is 0 Å². The molecule has 0 saturated carbocycles. The Morgan fingerprint density at radius 2 is 1.59 bits per heavy atom. The zero-order chi connectivity index (χ0) is 13.6. The van der Waals surface area contributed by atoms with Crippen LogP contribution < -0.4 is 0 Å². The van der Waals surface area contributed by atoms with Crippen molar-refractivity contribution in [3.63, 3.8) is 0 Å². The van der Waals surface area contributed by atoms with Crippen LogP contribution in [0.2, 0.25) is 0 Å². The normalized spacial score (nSPS) is 20.4. The van der Waals surface area contributed by atoms with Crippen LogP contribution in [0.15, 0.2) is 0 Å². The first-order chi connectivity index (χ1) is 7.84. The Hall–Kier alpha value is -0.770. The molecule has 17 heavy (non-hydrogen) atoms. The Morgan fingerprint density at radius 3 is 1.94 bits per heavy atom. The first-order valence-electron chi connectivity index (χ1n) is 4.99. The number of carboxylic acid groups (broad SMARTS) is 1. The van der Waals surface area contributed by atoms with Gasteiger partial charge in [-0.3, -0.25) is 0 Å². The molecule has 0 aliphatic rings. The monoisotopic (exact) mass is 254 g/mol. The Bertz CT molecular complexity index is 233. The maximum absolute atomic E-state index is 10.5. The van der Waals surface area contributed by atoms with Gasteiger partial charge >= 0.3 is 5.97 Å². The fourth-order valence-electron chi connectivity index (χ4n) is 1.12. The number of ether oxygens (including phenoxy) is 1. The van der Waals surface area contributed by atoms with Crippen molar-refractivity contribution in [1.82, 2.24) is 0 Å². The minimum absolute atomic E-state index is 0.786. The van der Waals surface area contributed by atoms with E-state index in [9.17, 15) is 20.1 Å². The Balaban J connectivity index is 4.69. The first-order valence-corrected chi connectivity index (χ1v) is 4.99. The van der Waals surface area contributed by atoms with E-state index < -0.39 is 49.7 Å². The zero-order valence-electron chi connectivity index (χ0n) is 9.30. The number of aliphatic hydroxyl groups is 5. The molecule has 0 spiro atoms. The molecule has 8 nitrogen and oxygen atoms in total. The maximum Gasteiger partial charge on any atom is 0.332 e. The van der Waals surface area contributed by atoms with Crippen LogP contribution in [0.1, 0.15) is 6.92 Å². The predicted molar refractivity (Wildman–Crippen MR) is 54.2 cm³/mol. The summed E-state index contributed by atoms with van der Waals surface area (Å²) in [6.07, 6.45) is -7.77. The van der Waals surface area contributed by atoms with Crippen molar-refractivity contribution in [2.24, 2.45) is 0 Å². The highest BCUT2D eigenvalue weighted by Crippen LogP contribution is 2.12. The van der Waals surface area contributed by atoms with Gasteiger partial charge < -0.3 is 35.4 Å². The topological polar surface area (TPSA) is 148 Å². The molecular weight excluding hydrogens is 236 g/mol. The molecule has 0 amide bonds. The van der Waals surface area contributed by atoms with Crippen molar-refractivity contribution in [1.29, 1.82) is 0 Å². The first kappa shape index (κ1) is 16.2. The minimum Gasteiger partial charge on any atom is -0.479 e. The van der Waals surface area contributed by atoms with Gasteiger partial charge in [-0.05, 0) is 6.92 Å². The van der Waals surface area contributed by atoms with Gasteiger partial charge in [0.15, 0.2) is 6.10 Å². The molecule has 0 aliphatic heterocycles. The molecule has 0 aliphatic carbocycles. The fraction of sp³-hybridized carbons (Fsp3) is 0.889. The van der Waals surface area contributed by atoms with Gasteiger partial charge in [0, 0.05) is 0 Å². The number of carboxylic acids is 1. The van der Waals surface area contributed by atoms with Crippen molar-refractivity contribution in [3.8, 4) is 0 Å². The van der Waals surface area contributed by atoms with Gasteiger partial charge in [0.05, 0.1) is 13.2 Å². The van der Waals surface area contributed by atoms with E-state index >= 15 is 0 Å². The number of aliphatic hydroxyl groups excluding tert-OH is 5. The third-order valence-electron chi connectivity index (χ3n) is 2.19. The van der Waals surface area contributed by atoms with E-state index in [4.69, 9.17) is 20.1 Å². The second-order valence-corrected chi connectivity index (χ2v) is 3.57. The molecule has 0 rings (SSSR count). The van der Waals surface area contributed by atoms with Crippen LogP contribution in [0.3, 0.4) is 0 Å². The summed E-state index contributed by atoms with van der Waals surface area (Å²) in [6, 6.07) is 0. The second kappa shape index (κ2) is 7.54. The number of carbonyl (C=O) groups is 1. The van der Waals surface area contributed by atoms with Crippen molar-refractivity contribution in [2.45, 2.75) is 37.4 Å². The largest absolute Gasteiger partial charge is 0.479 e. The van der Waals surface area contributed by atoms with Gasteiger partial charge in [0.25, 0.3) is 0 Å². The summed E-state index contributed by atoms with van der Waals surface area (Å²) in [5, 5.41) is 54.0. The summed E-state index contributed by atoms with van der Waals surface area (Å²) in [5.41, 5.74) is 0. The lowest BCUT2D eigenvalue weighted by atomic mass is 10.0. The zero-order valence-corrected chi connectivity index (χ0v) is 9.30. The molecule has 0 aromatic rings. The van der Waals surface area contributed by atoms with E-state index in [1.807, 2.05) is 0 Å². The van der Waals surface area contributed by atoms with E-state index in [1.54, 1.807) is 0 Å². The minimum atomic E-state index is -1.72. The molecule has 0 bridgehead atoms. The van der Waals surface area contributed by atoms with Crippen LogP contribution in [0.25, 0.3) is 0 Å². The lowest BCUT2D eigenvalue weighted by Gasteiger charge is -2.30. The van der Waals surface area contributed by atoms with Crippen molar-refractivity contribution >= 4 is 5.97 Å². The highest BCUT2D eigenvalue weighted by atomic mass is 16.5. The molecule has 0 radical (unpaired) electrons. The van der Waals surface area contributed by atoms with E-state index in [2.05, 4.69) is 0 Å². The smallest absolute Gasteiger partial charge is 0.332 e. The predicted octanol–water partition coefficient (Wildman–Crippen LogP) is -3.09. The molecule has 0 unspecified atom stereocenters. The quantitative estimate of drug-likeness (QED) is 0.267. The Kier molecular flexibility index (Phi) is 7.19. The summed E-state index contributed by atoms with van der Waals surface area (Å²) < 4.78 is 4.82. The third-order valence-corrected chi connectivity index (χ3v) is 2.19. The SMILES string of the molecule is C[C@H](O[C@@H]([C@@H](O)[C@H](O)CO)[C@@H](O)CO)C(=O)O. The van der Waals surface area contributed by atoms with Gasteiger partial charge in [-0.2, -0.15) is 0 Å². The van der Waals surface area contributed by atoms with Gasteiger partial charge in [-0.1, -0.05) is 0 Å². The number of aliphatic carboxylic acids is 1. The molecule has 0 fully saturated rings. The van der Waals surface area contributed by atoms with Crippen LogP contribution in [0.5, 0.6) is 0 Å². The molecule has 0 aromatic carbocycles. The average molecular weight is 254 g/mol. The van der Waals surface area contributed by atoms with E-state index in [-0.39, 0.29) is 0 Å². The van der Waals surface area contributed by atoms with Crippen LogP contribution in [-0.4, -0.2) is 80.3 Å². The molecule has 5 atom stereocenters. The summed E-state index contributed by atoms with van der Waals surface area (Å²) >= 11 is 0. The molecule has 0 heterocycles. The van der Waals surface area contributed by atoms with Gasteiger partial charge in [-0.25, -0.2) is 4.79 Å². The lowest BCUT2D eigenvalue weighted by Crippen LogP contribution is -2.50. The Morgan fingerprint density at radius 1 is 1.12 bits per heavy atom. The maximum atomic E-state index is 10.5. The Labute approximate surface area is 97.7 Å². The van der Waals surface area contributed by atoms with Crippen LogP contribution in [-0.2, 0) is 9.53 Å². The second-order valence-electron chi connectivity index (χ2n) is 3.57. The summed E-state index contributed by atoms with van der Waals surface area (Å²) in [4.78, 5) is 10.5. The van der Waals surface area contributed by atoms with E-state index in [0.29, 0.717) is 0 Å². The summed E-state index contributed by atoms with van der Waals surface area (Å²) in [5.74, 6) is -1.33. The fourth-order valence-corrected chi connectivity index (χ4v) is 1.12. The lowest BCUT2D eigenvalue weighted by molar-refractivity contribution is -0.182. The molecule has 0 saturated heterocycles. The molecule has 8 heteroatoms. The number of hydrogen-bond acceptors (Lipinski definition) is 7. The summed E-state index contributed by atoms with van der Waals surface area (Å²) in [6.45, 7) is -0.412. The van der Waals surface area contributed by atoms with Crippen molar-refractivity contribution in [3.05, 3.63) is 0 Å². The van der Waals surface area contributed by atoms with E-state index in [0.717, 1.165) is 6.92 Å². The highest BCUT2D eigenvalue weighted by molar-refractivity contribution is 5.71. The third kappa shape index (κ3) is 4.94. The van der Waals surface area contributed by atoms with Crippen LogP contribution >= 0.6 is 0 Å². The van der Waals surface area contributed by atoms with Crippen LogP contribution in [0.4, 0.5) is 0 Å². The molecule has 6 N–H and O–H groups in total. The number of hydrogen-bond donors (Lipinski definition) is 6. The standard InChI is InChI=1S/C9H18O8/c1-4(9(15)16)17-8(6(13)3-11)7(14)5(12)2-10/h4-8,10-14H,2-3H2,1H3,(H,15,16)/t4-,5+,6-,7-,8+/m0/s1. The van der Waals surface area contributed by atoms with Gasteiger partial charge in [0.1, 0.15) is 24.4 Å². The van der Waals surface area contributed by atoms with Gasteiger partial charge in [-0.15, -0.1) is 0 Å². The molecule has 0 aromatic heterocycles. The molecular formula is C9H18O8.